The smallest absolute Gasteiger partial charge is 0.123 e. The Balaban J connectivity index is 2.08. The average molecular weight is 228 g/mol. The van der Waals surface area contributed by atoms with Gasteiger partial charge in [-0.05, 0) is 41.8 Å². The summed E-state index contributed by atoms with van der Waals surface area (Å²) in [6.07, 6.45) is 4.60. The maximum absolute atomic E-state index is 13.3. The summed E-state index contributed by atoms with van der Waals surface area (Å²) in [4.78, 5) is 4.14. The van der Waals surface area contributed by atoms with E-state index in [1.807, 2.05) is 18.3 Å². The van der Waals surface area contributed by atoms with Crippen LogP contribution in [0, 0.1) is 5.82 Å². The van der Waals surface area contributed by atoms with Crippen LogP contribution in [0.5, 0.6) is 0 Å². The van der Waals surface area contributed by atoms with Crippen LogP contribution >= 0.6 is 0 Å². The van der Waals surface area contributed by atoms with Gasteiger partial charge in [0.1, 0.15) is 5.82 Å². The van der Waals surface area contributed by atoms with Crippen molar-refractivity contribution in [2.24, 2.45) is 0 Å². The van der Waals surface area contributed by atoms with Crippen molar-refractivity contribution < 1.29 is 4.39 Å². The first kappa shape index (κ1) is 10.3. The molecule has 1 atom stereocenters. The highest BCUT2D eigenvalue weighted by atomic mass is 19.1. The molecule has 17 heavy (non-hydrogen) atoms. The lowest BCUT2D eigenvalue weighted by Gasteiger charge is -2.26. The average Bonchev–Trinajstić information content (AvgIpc) is 2.39. The van der Waals surface area contributed by atoms with Gasteiger partial charge in [-0.3, -0.25) is 4.98 Å². The topological polar surface area (TPSA) is 24.9 Å². The number of halogens is 1. The monoisotopic (exact) mass is 228 g/mol. The van der Waals surface area contributed by atoms with Gasteiger partial charge in [-0.25, -0.2) is 4.39 Å². The van der Waals surface area contributed by atoms with Crippen LogP contribution in [0.2, 0.25) is 0 Å². The first-order valence-electron chi connectivity index (χ1n) is 5.78. The Morgan fingerprint density at radius 3 is 3.06 bits per heavy atom. The zero-order chi connectivity index (χ0) is 11.7. The number of pyridine rings is 1. The molecule has 0 spiro atoms. The van der Waals surface area contributed by atoms with Crippen LogP contribution in [0.25, 0.3) is 0 Å². The fourth-order valence-electron chi connectivity index (χ4n) is 2.42. The van der Waals surface area contributed by atoms with E-state index in [1.54, 1.807) is 12.3 Å². The Morgan fingerprint density at radius 1 is 1.29 bits per heavy atom. The summed E-state index contributed by atoms with van der Waals surface area (Å²) in [5.41, 5.74) is 3.22. The van der Waals surface area contributed by atoms with E-state index in [4.69, 9.17) is 0 Å². The van der Waals surface area contributed by atoms with Gasteiger partial charge in [0.15, 0.2) is 0 Å². The van der Waals surface area contributed by atoms with E-state index in [2.05, 4.69) is 16.4 Å². The molecular formula is C14H13FN2. The highest BCUT2D eigenvalue weighted by Crippen LogP contribution is 2.36. The lowest BCUT2D eigenvalue weighted by atomic mass is 9.86. The van der Waals surface area contributed by atoms with Crippen LogP contribution in [0.3, 0.4) is 0 Å². The van der Waals surface area contributed by atoms with Crippen LogP contribution < -0.4 is 5.32 Å². The Morgan fingerprint density at radius 2 is 2.24 bits per heavy atom. The normalized spacial score (nSPS) is 18.3. The third-order valence-corrected chi connectivity index (χ3v) is 3.22. The Bertz CT molecular complexity index is 525. The van der Waals surface area contributed by atoms with Gasteiger partial charge >= 0.3 is 0 Å². The molecule has 1 aliphatic rings. The zero-order valence-corrected chi connectivity index (χ0v) is 9.36. The van der Waals surface area contributed by atoms with Crippen LogP contribution in [0.1, 0.15) is 23.5 Å². The number of anilines is 1. The molecule has 2 heterocycles. The van der Waals surface area contributed by atoms with E-state index < -0.39 is 0 Å². The molecule has 1 aromatic heterocycles. The molecule has 86 valence electrons. The maximum atomic E-state index is 13.3. The van der Waals surface area contributed by atoms with Crippen molar-refractivity contribution in [3.63, 3.8) is 0 Å². The van der Waals surface area contributed by atoms with Crippen molar-refractivity contribution in [3.05, 3.63) is 59.7 Å². The minimum absolute atomic E-state index is 0.179. The predicted molar refractivity (Wildman–Crippen MR) is 65.6 cm³/mol. The Labute approximate surface area is 99.5 Å². The molecule has 1 N–H and O–H groups in total. The largest absolute Gasteiger partial charge is 0.385 e. The van der Waals surface area contributed by atoms with Crippen LogP contribution in [0.4, 0.5) is 10.1 Å². The van der Waals surface area contributed by atoms with E-state index in [0.29, 0.717) is 0 Å². The first-order chi connectivity index (χ1) is 8.34. The van der Waals surface area contributed by atoms with Crippen molar-refractivity contribution in [3.8, 4) is 0 Å². The predicted octanol–water partition coefficient (Wildman–Crippen LogP) is 3.17. The summed E-state index contributed by atoms with van der Waals surface area (Å²) in [6.45, 7) is 0.915. The summed E-state index contributed by atoms with van der Waals surface area (Å²) in [5.74, 6) is 0.0667. The van der Waals surface area contributed by atoms with E-state index in [9.17, 15) is 4.39 Å². The van der Waals surface area contributed by atoms with Crippen molar-refractivity contribution in [2.45, 2.75) is 12.3 Å². The van der Waals surface area contributed by atoms with Gasteiger partial charge < -0.3 is 5.32 Å². The van der Waals surface area contributed by atoms with Gasteiger partial charge in [-0.1, -0.05) is 6.07 Å². The Kier molecular flexibility index (Phi) is 2.52. The molecule has 2 nitrogen and oxygen atoms in total. The highest BCUT2D eigenvalue weighted by Gasteiger charge is 2.22. The number of hydrogen-bond acceptors (Lipinski definition) is 2. The molecule has 2 aromatic rings. The maximum Gasteiger partial charge on any atom is 0.123 e. The molecule has 3 heteroatoms. The lowest BCUT2D eigenvalue weighted by molar-refractivity contribution is 0.618. The Hall–Kier alpha value is -1.90. The number of aromatic nitrogens is 1. The molecule has 3 rings (SSSR count). The third kappa shape index (κ3) is 1.88. The number of fused-ring (bicyclic) bond motifs is 1. The molecule has 0 fully saturated rings. The number of rotatable bonds is 1. The third-order valence-electron chi connectivity index (χ3n) is 3.22. The van der Waals surface area contributed by atoms with E-state index in [-0.39, 0.29) is 11.7 Å². The summed E-state index contributed by atoms with van der Waals surface area (Å²) in [7, 11) is 0. The van der Waals surface area contributed by atoms with E-state index in [0.717, 1.165) is 29.8 Å². The summed E-state index contributed by atoms with van der Waals surface area (Å²) in [5, 5.41) is 3.30. The second kappa shape index (κ2) is 4.17. The van der Waals surface area contributed by atoms with Crippen molar-refractivity contribution >= 4 is 5.69 Å². The quantitative estimate of drug-likeness (QED) is 0.811. The fraction of sp³-hybridized carbons (Fsp3) is 0.214. The molecule has 1 unspecified atom stereocenters. The number of nitrogens with one attached hydrogen (secondary N) is 1. The molecule has 0 saturated heterocycles. The van der Waals surface area contributed by atoms with Gasteiger partial charge in [-0.2, -0.15) is 0 Å². The number of nitrogens with zero attached hydrogens (tertiary/aromatic N) is 1. The first-order valence-corrected chi connectivity index (χ1v) is 5.78. The van der Waals surface area contributed by atoms with Gasteiger partial charge in [-0.15, -0.1) is 0 Å². The second-order valence-electron chi connectivity index (χ2n) is 4.29. The van der Waals surface area contributed by atoms with Gasteiger partial charge in [0, 0.05) is 30.5 Å². The van der Waals surface area contributed by atoms with Gasteiger partial charge in [0.25, 0.3) is 0 Å². The minimum atomic E-state index is -0.179. The minimum Gasteiger partial charge on any atom is -0.385 e. The molecular weight excluding hydrogens is 215 g/mol. The molecule has 0 amide bonds. The van der Waals surface area contributed by atoms with Crippen molar-refractivity contribution in [1.82, 2.24) is 4.98 Å². The van der Waals surface area contributed by atoms with E-state index >= 15 is 0 Å². The summed E-state index contributed by atoms with van der Waals surface area (Å²) < 4.78 is 13.3. The number of benzene rings is 1. The summed E-state index contributed by atoms with van der Waals surface area (Å²) in [6, 6.07) is 8.91. The molecule has 1 aliphatic heterocycles. The van der Waals surface area contributed by atoms with Crippen LogP contribution in [-0.2, 0) is 0 Å². The molecule has 0 saturated carbocycles. The van der Waals surface area contributed by atoms with E-state index in [1.165, 1.54) is 6.07 Å². The fourth-order valence-corrected chi connectivity index (χ4v) is 2.42. The van der Waals surface area contributed by atoms with Crippen molar-refractivity contribution in [2.75, 3.05) is 11.9 Å². The molecule has 0 bridgehead atoms. The zero-order valence-electron chi connectivity index (χ0n) is 9.36. The van der Waals surface area contributed by atoms with Crippen LogP contribution in [0.15, 0.2) is 42.7 Å². The van der Waals surface area contributed by atoms with Crippen molar-refractivity contribution in [1.29, 1.82) is 0 Å². The molecule has 0 aliphatic carbocycles. The SMILES string of the molecule is Fc1ccc2c(c1)C(c1cccnc1)CCN2. The lowest BCUT2D eigenvalue weighted by Crippen LogP contribution is -2.17. The highest BCUT2D eigenvalue weighted by molar-refractivity contribution is 5.57. The van der Waals surface area contributed by atoms with Crippen LogP contribution in [-0.4, -0.2) is 11.5 Å². The standard InChI is InChI=1S/C14H13FN2/c15-11-3-4-14-13(8-11)12(5-7-17-14)10-2-1-6-16-9-10/h1-4,6,8-9,12,17H,5,7H2. The summed E-state index contributed by atoms with van der Waals surface area (Å²) >= 11 is 0. The molecule has 0 radical (unpaired) electrons. The second-order valence-corrected chi connectivity index (χ2v) is 4.29. The van der Waals surface area contributed by atoms with Gasteiger partial charge in [0.05, 0.1) is 0 Å². The van der Waals surface area contributed by atoms with Gasteiger partial charge in [0.2, 0.25) is 0 Å². The number of hydrogen-bond donors (Lipinski definition) is 1. The molecule has 1 aromatic carbocycles.